The van der Waals surface area contributed by atoms with E-state index in [9.17, 15) is 19.1 Å². The second kappa shape index (κ2) is 5.42. The molecule has 1 N–H and O–H groups in total. The van der Waals surface area contributed by atoms with Crippen LogP contribution >= 0.6 is 0 Å². The minimum Gasteiger partial charge on any atom is -0.478 e. The van der Waals surface area contributed by atoms with Crippen molar-refractivity contribution in [3.05, 3.63) is 45.6 Å². The summed E-state index contributed by atoms with van der Waals surface area (Å²) in [6.45, 7) is 2.39. The zero-order chi connectivity index (χ0) is 14.9. The van der Waals surface area contributed by atoms with Crippen LogP contribution in [0.15, 0.2) is 23.1 Å². The summed E-state index contributed by atoms with van der Waals surface area (Å²) in [7, 11) is 1.53. The van der Waals surface area contributed by atoms with Crippen molar-refractivity contribution in [2.24, 2.45) is 0 Å². The van der Waals surface area contributed by atoms with Gasteiger partial charge < -0.3 is 14.4 Å². The highest BCUT2D eigenvalue weighted by atomic mass is 19.1. The first-order chi connectivity index (χ1) is 9.45. The van der Waals surface area contributed by atoms with Crippen LogP contribution in [0, 0.1) is 12.7 Å². The maximum atomic E-state index is 13.9. The Kier molecular flexibility index (Phi) is 3.85. The van der Waals surface area contributed by atoms with Crippen molar-refractivity contribution in [2.75, 3.05) is 13.7 Å². The number of ether oxygens (including phenoxy) is 1. The third kappa shape index (κ3) is 2.42. The van der Waals surface area contributed by atoms with Gasteiger partial charge in [-0.2, -0.15) is 0 Å². The lowest BCUT2D eigenvalue weighted by atomic mass is 9.97. The van der Waals surface area contributed by atoms with E-state index in [-0.39, 0.29) is 16.7 Å². The molecule has 1 aliphatic heterocycles. The standard InChI is InChI=1S/C14H14FNO4/c1-8-13(14(18)19)10-5-9(17)6-12(15)11(10)7-16(8)3-4-20-2/h5-7H,3-4H2,1-2H3,(H,18,19). The average Bonchev–Trinajstić information content (AvgIpc) is 2.36. The van der Waals surface area contributed by atoms with Crippen LogP contribution in [0.1, 0.15) is 16.1 Å². The van der Waals surface area contributed by atoms with Crippen molar-refractivity contribution >= 4 is 5.97 Å². The highest BCUT2D eigenvalue weighted by Crippen LogP contribution is 2.29. The second-order valence-corrected chi connectivity index (χ2v) is 4.45. The lowest BCUT2D eigenvalue weighted by molar-refractivity contribution is 0.0695. The van der Waals surface area contributed by atoms with Crippen LogP contribution in [-0.4, -0.2) is 29.4 Å². The molecule has 2 aliphatic rings. The number of benzene rings is 1. The summed E-state index contributed by atoms with van der Waals surface area (Å²) in [5, 5.41) is 9.33. The highest BCUT2D eigenvalue weighted by molar-refractivity contribution is 5.97. The van der Waals surface area contributed by atoms with Crippen LogP contribution in [-0.2, 0) is 11.3 Å². The molecule has 0 radical (unpaired) electrons. The lowest BCUT2D eigenvalue weighted by Crippen LogP contribution is -2.17. The molecule has 0 spiro atoms. The number of carboxylic acids is 1. The van der Waals surface area contributed by atoms with E-state index in [1.807, 2.05) is 0 Å². The normalized spacial score (nSPS) is 10.9. The molecule has 0 bridgehead atoms. The van der Waals surface area contributed by atoms with E-state index in [4.69, 9.17) is 4.74 Å². The fourth-order valence-corrected chi connectivity index (χ4v) is 2.21. The molecule has 2 rings (SSSR count). The van der Waals surface area contributed by atoms with Gasteiger partial charge in [-0.1, -0.05) is 0 Å². The number of carbonyl (C=O) groups is 1. The lowest BCUT2D eigenvalue weighted by Gasteiger charge is -2.19. The summed E-state index contributed by atoms with van der Waals surface area (Å²) < 4.78 is 20.5. The first-order valence-corrected chi connectivity index (χ1v) is 6.01. The highest BCUT2D eigenvalue weighted by Gasteiger charge is 2.22. The van der Waals surface area contributed by atoms with Crippen molar-refractivity contribution in [3.8, 4) is 11.1 Å². The molecule has 0 saturated carbocycles. The van der Waals surface area contributed by atoms with Gasteiger partial charge in [0.05, 0.1) is 12.2 Å². The van der Waals surface area contributed by atoms with Crippen LogP contribution in [0.5, 0.6) is 0 Å². The molecule has 1 heterocycles. The first kappa shape index (κ1) is 14.2. The molecule has 6 heteroatoms. The van der Waals surface area contributed by atoms with Crippen molar-refractivity contribution < 1.29 is 19.0 Å². The molecule has 106 valence electrons. The summed E-state index contributed by atoms with van der Waals surface area (Å²) >= 11 is 0. The van der Waals surface area contributed by atoms with Crippen molar-refractivity contribution in [1.29, 1.82) is 0 Å². The molecule has 0 saturated heterocycles. The van der Waals surface area contributed by atoms with Crippen LogP contribution in [0.25, 0.3) is 11.1 Å². The number of hydrogen-bond acceptors (Lipinski definition) is 3. The number of aromatic nitrogens is 1. The molecular weight excluding hydrogens is 265 g/mol. The van der Waals surface area contributed by atoms with E-state index in [1.54, 1.807) is 11.5 Å². The quantitative estimate of drug-likeness (QED) is 0.925. The molecule has 0 fully saturated rings. The number of aromatic carboxylic acids is 1. The summed E-state index contributed by atoms with van der Waals surface area (Å²) in [6, 6.07) is 2.00. The fraction of sp³-hybridized carbons (Fsp3) is 0.286. The number of methoxy groups -OCH3 is 1. The molecular formula is C14H14FNO4. The monoisotopic (exact) mass is 279 g/mol. The Balaban J connectivity index is 2.79. The van der Waals surface area contributed by atoms with E-state index in [2.05, 4.69) is 0 Å². The average molecular weight is 279 g/mol. The van der Waals surface area contributed by atoms with Gasteiger partial charge in [0.25, 0.3) is 0 Å². The summed E-state index contributed by atoms with van der Waals surface area (Å²) in [5.74, 6) is -1.91. The molecule has 0 aromatic rings. The molecule has 20 heavy (non-hydrogen) atoms. The van der Waals surface area contributed by atoms with Gasteiger partial charge in [0.1, 0.15) is 5.82 Å². The van der Waals surface area contributed by atoms with E-state index in [0.717, 1.165) is 12.1 Å². The maximum absolute atomic E-state index is 13.9. The predicted molar refractivity (Wildman–Crippen MR) is 70.9 cm³/mol. The zero-order valence-corrected chi connectivity index (χ0v) is 11.1. The van der Waals surface area contributed by atoms with Crippen LogP contribution in [0.3, 0.4) is 0 Å². The van der Waals surface area contributed by atoms with Crippen LogP contribution in [0.2, 0.25) is 0 Å². The Morgan fingerprint density at radius 3 is 2.70 bits per heavy atom. The Hall–Kier alpha value is -2.21. The Bertz CT molecular complexity index is 693. The third-order valence-electron chi connectivity index (χ3n) is 3.20. The minimum absolute atomic E-state index is 0.0600. The number of carboxylic acid groups (broad SMARTS) is 1. The van der Waals surface area contributed by atoms with E-state index >= 15 is 0 Å². The van der Waals surface area contributed by atoms with Crippen molar-refractivity contribution in [3.63, 3.8) is 0 Å². The minimum atomic E-state index is -1.19. The number of nitrogens with zero attached hydrogens (tertiary/aromatic N) is 1. The predicted octanol–water partition coefficient (Wildman–Crippen LogP) is 1.75. The van der Waals surface area contributed by atoms with Gasteiger partial charge in [0, 0.05) is 42.7 Å². The number of pyridine rings is 1. The van der Waals surface area contributed by atoms with Crippen LogP contribution < -0.4 is 5.43 Å². The van der Waals surface area contributed by atoms with Gasteiger partial charge in [-0.05, 0) is 13.0 Å². The number of fused-ring (bicyclic) bond motifs is 1. The van der Waals surface area contributed by atoms with Gasteiger partial charge in [0.15, 0.2) is 5.43 Å². The smallest absolute Gasteiger partial charge is 0.338 e. The van der Waals surface area contributed by atoms with Gasteiger partial charge in [-0.25, -0.2) is 9.18 Å². The molecule has 0 amide bonds. The maximum Gasteiger partial charge on any atom is 0.338 e. The summed E-state index contributed by atoms with van der Waals surface area (Å²) in [4.78, 5) is 22.8. The molecule has 0 atom stereocenters. The molecule has 1 aliphatic carbocycles. The molecule has 0 aromatic carbocycles. The van der Waals surface area contributed by atoms with Gasteiger partial charge in [-0.15, -0.1) is 0 Å². The summed E-state index contributed by atoms with van der Waals surface area (Å²) in [6.07, 6.45) is 1.50. The largest absolute Gasteiger partial charge is 0.478 e. The Labute approximate surface area is 114 Å². The molecule has 0 unspecified atom stereocenters. The second-order valence-electron chi connectivity index (χ2n) is 4.45. The number of hydrogen-bond donors (Lipinski definition) is 1. The first-order valence-electron chi connectivity index (χ1n) is 6.01. The third-order valence-corrected chi connectivity index (χ3v) is 3.20. The molecule has 0 aromatic heterocycles. The van der Waals surface area contributed by atoms with E-state index in [1.165, 1.54) is 13.3 Å². The topological polar surface area (TPSA) is 68.5 Å². The van der Waals surface area contributed by atoms with Crippen molar-refractivity contribution in [2.45, 2.75) is 13.5 Å². The number of rotatable bonds is 4. The Morgan fingerprint density at radius 1 is 1.40 bits per heavy atom. The molecule has 5 nitrogen and oxygen atoms in total. The zero-order valence-electron chi connectivity index (χ0n) is 11.1. The summed E-state index contributed by atoms with van der Waals surface area (Å²) in [5.41, 5.74) is 0.0752. The van der Waals surface area contributed by atoms with Gasteiger partial charge in [0.2, 0.25) is 0 Å². The van der Waals surface area contributed by atoms with E-state index < -0.39 is 17.2 Å². The van der Waals surface area contributed by atoms with Crippen LogP contribution in [0.4, 0.5) is 4.39 Å². The number of halogens is 1. The fourth-order valence-electron chi connectivity index (χ4n) is 2.21. The Morgan fingerprint density at radius 2 is 2.10 bits per heavy atom. The SMILES string of the molecule is COCCn1cc2c(F)cc(=O)cc-2c(C(=O)O)c1C. The van der Waals surface area contributed by atoms with E-state index in [0.29, 0.717) is 18.8 Å². The van der Waals surface area contributed by atoms with Gasteiger partial charge in [-0.3, -0.25) is 4.79 Å². The van der Waals surface area contributed by atoms with Crippen molar-refractivity contribution in [1.82, 2.24) is 4.57 Å². The van der Waals surface area contributed by atoms with Gasteiger partial charge >= 0.3 is 5.97 Å².